The minimum Gasteiger partial charge on any atom is -0.377 e. The third-order valence-electron chi connectivity index (χ3n) is 3.89. The van der Waals surface area contributed by atoms with Gasteiger partial charge in [0, 0.05) is 6.54 Å². The molecule has 1 aliphatic carbocycles. The number of hydrogen-bond donors (Lipinski definition) is 1. The molecule has 0 aromatic rings. The minimum atomic E-state index is 0.527. The Morgan fingerprint density at radius 1 is 1.12 bits per heavy atom. The summed E-state index contributed by atoms with van der Waals surface area (Å²) < 4.78 is 5.92. The molecule has 0 radical (unpaired) electrons. The Bertz CT molecular complexity index is 172. The average Bonchev–Trinajstić information content (AvgIpc) is 2.28. The van der Waals surface area contributed by atoms with Crippen molar-refractivity contribution in [3.05, 3.63) is 0 Å². The number of ether oxygens (including phenoxy) is 1. The quantitative estimate of drug-likeness (QED) is 0.674. The normalized spacial score (nSPS) is 30.6. The number of rotatable bonds is 7. The largest absolute Gasteiger partial charge is 0.377 e. The van der Waals surface area contributed by atoms with Crippen LogP contribution in [-0.2, 0) is 4.74 Å². The van der Waals surface area contributed by atoms with E-state index < -0.39 is 0 Å². The van der Waals surface area contributed by atoms with Crippen molar-refractivity contribution in [2.45, 2.75) is 59.0 Å². The first kappa shape index (κ1) is 14.0. The molecule has 0 aromatic carbocycles. The van der Waals surface area contributed by atoms with E-state index in [4.69, 9.17) is 4.74 Å². The van der Waals surface area contributed by atoms with Crippen LogP contribution in [-0.4, -0.2) is 25.8 Å². The fourth-order valence-corrected chi connectivity index (χ4v) is 2.37. The van der Waals surface area contributed by atoms with Crippen molar-refractivity contribution in [3.8, 4) is 0 Å². The molecule has 1 saturated carbocycles. The van der Waals surface area contributed by atoms with E-state index in [9.17, 15) is 0 Å². The molecule has 0 heterocycles. The zero-order valence-electron chi connectivity index (χ0n) is 11.3. The van der Waals surface area contributed by atoms with Crippen molar-refractivity contribution in [1.82, 2.24) is 5.32 Å². The summed E-state index contributed by atoms with van der Waals surface area (Å²) in [5, 5.41) is 3.42. The van der Waals surface area contributed by atoms with Crippen LogP contribution in [0.2, 0.25) is 0 Å². The molecule has 0 aliphatic heterocycles. The fraction of sp³-hybridized carbons (Fsp3) is 1.00. The molecular weight excluding hydrogens is 198 g/mol. The molecule has 96 valence electrons. The highest BCUT2D eigenvalue weighted by Gasteiger charge is 2.24. The van der Waals surface area contributed by atoms with Crippen molar-refractivity contribution < 1.29 is 4.74 Å². The summed E-state index contributed by atoms with van der Waals surface area (Å²) in [5.41, 5.74) is 0. The third kappa shape index (κ3) is 5.31. The first-order valence-corrected chi connectivity index (χ1v) is 7.06. The predicted octanol–water partition coefficient (Wildman–Crippen LogP) is 3.22. The van der Waals surface area contributed by atoms with E-state index >= 15 is 0 Å². The van der Waals surface area contributed by atoms with Crippen molar-refractivity contribution in [2.24, 2.45) is 11.8 Å². The third-order valence-corrected chi connectivity index (χ3v) is 3.89. The molecule has 1 aliphatic rings. The molecule has 0 saturated heterocycles. The lowest BCUT2D eigenvalue weighted by Crippen LogP contribution is -2.29. The van der Waals surface area contributed by atoms with Crippen LogP contribution in [0, 0.1) is 11.8 Å². The summed E-state index contributed by atoms with van der Waals surface area (Å²) in [6.45, 7) is 9.99. The lowest BCUT2D eigenvalue weighted by atomic mass is 9.80. The second kappa shape index (κ2) is 8.08. The number of unbranched alkanes of at least 4 members (excludes halogenated alkanes) is 1. The molecule has 0 amide bonds. The van der Waals surface area contributed by atoms with Crippen LogP contribution in [0.4, 0.5) is 0 Å². The lowest BCUT2D eigenvalue weighted by molar-refractivity contribution is 0.00435. The summed E-state index contributed by atoms with van der Waals surface area (Å²) in [4.78, 5) is 0. The molecule has 1 N–H and O–H groups in total. The Kier molecular flexibility index (Phi) is 7.06. The molecule has 16 heavy (non-hydrogen) atoms. The highest BCUT2D eigenvalue weighted by atomic mass is 16.5. The zero-order valence-corrected chi connectivity index (χ0v) is 11.3. The van der Waals surface area contributed by atoms with Gasteiger partial charge in [-0.05, 0) is 44.1 Å². The highest BCUT2D eigenvalue weighted by Crippen LogP contribution is 2.30. The first-order valence-electron chi connectivity index (χ1n) is 7.06. The Morgan fingerprint density at radius 3 is 2.62 bits per heavy atom. The van der Waals surface area contributed by atoms with Crippen LogP contribution < -0.4 is 5.32 Å². The molecule has 3 atom stereocenters. The van der Waals surface area contributed by atoms with Gasteiger partial charge in [-0.2, -0.15) is 0 Å². The van der Waals surface area contributed by atoms with Gasteiger partial charge in [-0.25, -0.2) is 0 Å². The maximum Gasteiger partial charge on any atom is 0.0594 e. The van der Waals surface area contributed by atoms with Gasteiger partial charge in [0.1, 0.15) is 0 Å². The van der Waals surface area contributed by atoms with Crippen LogP contribution in [0.1, 0.15) is 52.9 Å². The Morgan fingerprint density at radius 2 is 1.94 bits per heavy atom. The standard InChI is InChI=1S/C14H29NO/c1-4-5-8-15-9-10-16-14-7-6-12(2)13(3)11-14/h12-15H,4-11H2,1-3H3. The van der Waals surface area contributed by atoms with Gasteiger partial charge in [-0.15, -0.1) is 0 Å². The van der Waals surface area contributed by atoms with Crippen LogP contribution in [0.25, 0.3) is 0 Å². The molecule has 1 rings (SSSR count). The van der Waals surface area contributed by atoms with Gasteiger partial charge in [-0.1, -0.05) is 27.2 Å². The molecule has 0 aromatic heterocycles. The van der Waals surface area contributed by atoms with Gasteiger partial charge in [0.05, 0.1) is 12.7 Å². The first-order chi connectivity index (χ1) is 7.74. The van der Waals surface area contributed by atoms with E-state index in [0.29, 0.717) is 6.10 Å². The van der Waals surface area contributed by atoms with Crippen LogP contribution in [0.15, 0.2) is 0 Å². The van der Waals surface area contributed by atoms with Crippen molar-refractivity contribution >= 4 is 0 Å². The van der Waals surface area contributed by atoms with E-state index in [1.54, 1.807) is 0 Å². The number of nitrogens with one attached hydrogen (secondary N) is 1. The molecule has 2 nitrogen and oxygen atoms in total. The summed E-state index contributed by atoms with van der Waals surface area (Å²) in [6, 6.07) is 0. The average molecular weight is 227 g/mol. The molecule has 0 bridgehead atoms. The topological polar surface area (TPSA) is 21.3 Å². The Balaban J connectivity index is 1.97. The van der Waals surface area contributed by atoms with Gasteiger partial charge in [0.25, 0.3) is 0 Å². The Hall–Kier alpha value is -0.0800. The summed E-state index contributed by atoms with van der Waals surface area (Å²) >= 11 is 0. The fourth-order valence-electron chi connectivity index (χ4n) is 2.37. The van der Waals surface area contributed by atoms with E-state index in [1.165, 1.54) is 32.1 Å². The van der Waals surface area contributed by atoms with Crippen LogP contribution in [0.3, 0.4) is 0 Å². The second-order valence-electron chi connectivity index (χ2n) is 5.36. The summed E-state index contributed by atoms with van der Waals surface area (Å²) in [7, 11) is 0. The maximum atomic E-state index is 5.92. The minimum absolute atomic E-state index is 0.527. The monoisotopic (exact) mass is 227 g/mol. The second-order valence-corrected chi connectivity index (χ2v) is 5.36. The van der Waals surface area contributed by atoms with Gasteiger partial charge < -0.3 is 10.1 Å². The SMILES string of the molecule is CCCCNCCOC1CCC(C)C(C)C1. The molecule has 0 spiro atoms. The van der Waals surface area contributed by atoms with Gasteiger partial charge in [0.2, 0.25) is 0 Å². The summed E-state index contributed by atoms with van der Waals surface area (Å²) in [6.07, 6.45) is 6.94. The van der Waals surface area contributed by atoms with E-state index in [0.717, 1.165) is 31.5 Å². The number of hydrogen-bond acceptors (Lipinski definition) is 2. The van der Waals surface area contributed by atoms with Crippen molar-refractivity contribution in [1.29, 1.82) is 0 Å². The maximum absolute atomic E-state index is 5.92. The van der Waals surface area contributed by atoms with Crippen LogP contribution in [0.5, 0.6) is 0 Å². The smallest absolute Gasteiger partial charge is 0.0594 e. The van der Waals surface area contributed by atoms with E-state index in [2.05, 4.69) is 26.1 Å². The Labute approximate surface area is 101 Å². The van der Waals surface area contributed by atoms with Crippen molar-refractivity contribution in [3.63, 3.8) is 0 Å². The van der Waals surface area contributed by atoms with Crippen molar-refractivity contribution in [2.75, 3.05) is 19.7 Å². The van der Waals surface area contributed by atoms with Gasteiger partial charge in [0.15, 0.2) is 0 Å². The molecule has 3 unspecified atom stereocenters. The van der Waals surface area contributed by atoms with Gasteiger partial charge in [-0.3, -0.25) is 0 Å². The summed E-state index contributed by atoms with van der Waals surface area (Å²) in [5.74, 6) is 1.73. The predicted molar refractivity (Wildman–Crippen MR) is 69.7 cm³/mol. The van der Waals surface area contributed by atoms with Crippen LogP contribution >= 0.6 is 0 Å². The van der Waals surface area contributed by atoms with Gasteiger partial charge >= 0.3 is 0 Å². The zero-order chi connectivity index (χ0) is 11.8. The molecule has 2 heteroatoms. The van der Waals surface area contributed by atoms with E-state index in [-0.39, 0.29) is 0 Å². The highest BCUT2D eigenvalue weighted by molar-refractivity contribution is 4.75. The molecular formula is C14H29NO. The molecule has 1 fully saturated rings. The lowest BCUT2D eigenvalue weighted by Gasteiger charge is -2.32. The van der Waals surface area contributed by atoms with E-state index in [1.807, 2.05) is 0 Å².